The van der Waals surface area contributed by atoms with Crippen molar-refractivity contribution in [2.24, 2.45) is 0 Å². The van der Waals surface area contributed by atoms with Gasteiger partial charge in [-0.1, -0.05) is 0 Å². The molecule has 1 saturated heterocycles. The largest absolute Gasteiger partial charge is 0.506 e. The van der Waals surface area contributed by atoms with E-state index in [-0.39, 0.29) is 23.4 Å². The van der Waals surface area contributed by atoms with Crippen LogP contribution in [-0.2, 0) is 23.0 Å². The van der Waals surface area contributed by atoms with E-state index >= 15 is 0 Å². The van der Waals surface area contributed by atoms with Crippen LogP contribution in [0.1, 0.15) is 29.7 Å². The Morgan fingerprint density at radius 2 is 2.25 bits per heavy atom. The molecule has 6 nitrogen and oxygen atoms in total. The molecule has 2 heterocycles. The number of aromatic nitrogens is 1. The molecule has 1 unspecified atom stereocenters. The molecule has 0 bridgehead atoms. The van der Waals surface area contributed by atoms with Gasteiger partial charge in [-0.3, -0.25) is 4.98 Å². The van der Waals surface area contributed by atoms with Gasteiger partial charge in [-0.25, -0.2) is 8.42 Å². The number of aromatic hydroxyl groups is 1. The molecule has 0 radical (unpaired) electrons. The lowest BCUT2D eigenvalue weighted by Crippen LogP contribution is -2.30. The topological polar surface area (TPSA) is 99.5 Å². The molecule has 0 spiro atoms. The highest BCUT2D eigenvalue weighted by molar-refractivity contribution is 7.92. The van der Waals surface area contributed by atoms with E-state index in [1.54, 1.807) is 6.92 Å². The van der Waals surface area contributed by atoms with Gasteiger partial charge in [0.1, 0.15) is 5.75 Å². The molecule has 0 saturated carbocycles. The monoisotopic (exact) mass is 300 g/mol. The number of pyridine rings is 1. The smallest absolute Gasteiger partial charge is 0.154 e. The van der Waals surface area contributed by atoms with E-state index in [9.17, 15) is 18.6 Å². The van der Waals surface area contributed by atoms with E-state index in [2.05, 4.69) is 10.3 Å². The molecule has 2 rings (SSSR count). The quantitative estimate of drug-likeness (QED) is 0.721. The molecule has 1 aliphatic rings. The molecular weight excluding hydrogens is 280 g/mol. The van der Waals surface area contributed by atoms with Crippen molar-refractivity contribution in [2.45, 2.75) is 38.2 Å². The van der Waals surface area contributed by atoms with Gasteiger partial charge in [0, 0.05) is 30.4 Å². The highest BCUT2D eigenvalue weighted by Gasteiger charge is 2.30. The van der Waals surface area contributed by atoms with Crippen LogP contribution in [0.2, 0.25) is 0 Å². The van der Waals surface area contributed by atoms with Crippen molar-refractivity contribution in [1.82, 2.24) is 10.3 Å². The van der Waals surface area contributed by atoms with Gasteiger partial charge in [-0.15, -0.1) is 0 Å². The van der Waals surface area contributed by atoms with Gasteiger partial charge in [0.15, 0.2) is 9.84 Å². The van der Waals surface area contributed by atoms with Crippen molar-refractivity contribution >= 4 is 9.84 Å². The predicted molar refractivity (Wildman–Crippen MR) is 75.1 cm³/mol. The highest BCUT2D eigenvalue weighted by atomic mass is 32.2. The van der Waals surface area contributed by atoms with E-state index in [0.29, 0.717) is 36.3 Å². The molecule has 3 N–H and O–H groups in total. The maximum absolute atomic E-state index is 11.7. The molecule has 0 aromatic carbocycles. The summed E-state index contributed by atoms with van der Waals surface area (Å²) in [7, 11) is -2.96. The van der Waals surface area contributed by atoms with Crippen LogP contribution in [0.5, 0.6) is 5.75 Å². The molecule has 1 fully saturated rings. The number of sulfone groups is 1. The van der Waals surface area contributed by atoms with Gasteiger partial charge in [-0.05, 0) is 19.8 Å². The third-order valence-electron chi connectivity index (χ3n) is 3.74. The van der Waals surface area contributed by atoms with Crippen LogP contribution >= 0.6 is 0 Å². The zero-order chi connectivity index (χ0) is 14.8. The van der Waals surface area contributed by atoms with Gasteiger partial charge in [0.05, 0.1) is 23.3 Å². The third kappa shape index (κ3) is 3.11. The van der Waals surface area contributed by atoms with Crippen molar-refractivity contribution in [3.63, 3.8) is 0 Å². The maximum Gasteiger partial charge on any atom is 0.154 e. The zero-order valence-corrected chi connectivity index (χ0v) is 12.3. The van der Waals surface area contributed by atoms with Crippen LogP contribution in [0.4, 0.5) is 0 Å². The summed E-state index contributed by atoms with van der Waals surface area (Å²) in [5.74, 6) is 0.319. The first-order valence-corrected chi connectivity index (χ1v) is 8.36. The molecule has 112 valence electrons. The van der Waals surface area contributed by atoms with Crippen molar-refractivity contribution < 1.29 is 18.6 Å². The molecule has 7 heteroatoms. The zero-order valence-electron chi connectivity index (χ0n) is 11.5. The lowest BCUT2D eigenvalue weighted by atomic mass is 10.1. The molecule has 20 heavy (non-hydrogen) atoms. The lowest BCUT2D eigenvalue weighted by Gasteiger charge is -2.14. The summed E-state index contributed by atoms with van der Waals surface area (Å²) in [4.78, 5) is 3.99. The molecule has 1 aromatic heterocycles. The molecular formula is C13H20N2O4S. The number of aliphatic hydroxyl groups excluding tert-OH is 1. The van der Waals surface area contributed by atoms with Crippen LogP contribution < -0.4 is 5.32 Å². The number of aryl methyl sites for hydroxylation is 1. The second-order valence-electron chi connectivity index (χ2n) is 5.12. The van der Waals surface area contributed by atoms with Crippen LogP contribution in [0.3, 0.4) is 0 Å². The number of aliphatic hydroxyl groups is 1. The van der Waals surface area contributed by atoms with Crippen LogP contribution in [0, 0.1) is 6.92 Å². The van der Waals surface area contributed by atoms with Crippen LogP contribution in [0.15, 0.2) is 6.20 Å². The SMILES string of the molecule is Cc1ncc(CO)c(CNCC2CCCS2(=O)=O)c1O. The standard InChI is InChI=1S/C13H20N2O4S/c1-9-13(17)12(10(8-16)5-15-9)7-14-6-11-3-2-4-20(11,18)19/h5,11,14,16-17H,2-4,6-8H2,1H3. The van der Waals surface area contributed by atoms with E-state index in [1.165, 1.54) is 6.20 Å². The Morgan fingerprint density at radius 1 is 1.50 bits per heavy atom. The Hall–Kier alpha value is -1.18. The van der Waals surface area contributed by atoms with Gasteiger partial charge < -0.3 is 15.5 Å². The fourth-order valence-electron chi connectivity index (χ4n) is 2.46. The molecule has 1 aromatic rings. The first-order valence-electron chi connectivity index (χ1n) is 6.65. The Kier molecular flexibility index (Phi) is 4.62. The van der Waals surface area contributed by atoms with Gasteiger partial charge >= 0.3 is 0 Å². The van der Waals surface area contributed by atoms with E-state index in [0.717, 1.165) is 6.42 Å². The van der Waals surface area contributed by atoms with Crippen LogP contribution in [-0.4, -0.2) is 41.2 Å². The van der Waals surface area contributed by atoms with E-state index in [4.69, 9.17) is 0 Å². The molecule has 0 aliphatic carbocycles. The van der Waals surface area contributed by atoms with Crippen molar-refractivity contribution in [2.75, 3.05) is 12.3 Å². The van der Waals surface area contributed by atoms with Crippen molar-refractivity contribution in [3.05, 3.63) is 23.0 Å². The molecule has 1 aliphatic heterocycles. The summed E-state index contributed by atoms with van der Waals surface area (Å²) in [5.41, 5.74) is 1.62. The van der Waals surface area contributed by atoms with Gasteiger partial charge in [0.2, 0.25) is 0 Å². The predicted octanol–water partition coefficient (Wildman–Crippen LogP) is 0.255. The Labute approximate surface area is 118 Å². The number of nitrogens with zero attached hydrogens (tertiary/aromatic N) is 1. The Bertz CT molecular complexity index is 586. The summed E-state index contributed by atoms with van der Waals surface area (Å²) in [6.07, 6.45) is 2.93. The average Bonchev–Trinajstić information content (AvgIpc) is 2.74. The fourth-order valence-corrected chi connectivity index (χ4v) is 4.26. The summed E-state index contributed by atoms with van der Waals surface area (Å²) >= 11 is 0. The number of rotatable bonds is 5. The van der Waals surface area contributed by atoms with Crippen molar-refractivity contribution in [1.29, 1.82) is 0 Å². The second-order valence-corrected chi connectivity index (χ2v) is 7.52. The second kappa shape index (κ2) is 6.07. The summed E-state index contributed by atoms with van der Waals surface area (Å²) in [6, 6.07) is 0. The van der Waals surface area contributed by atoms with Crippen LogP contribution in [0.25, 0.3) is 0 Å². The average molecular weight is 300 g/mol. The number of nitrogens with one attached hydrogen (secondary N) is 1. The third-order valence-corrected chi connectivity index (χ3v) is 6.01. The highest BCUT2D eigenvalue weighted by Crippen LogP contribution is 2.24. The maximum atomic E-state index is 11.7. The Balaban J connectivity index is 2.03. The first kappa shape index (κ1) is 15.2. The summed E-state index contributed by atoms with van der Waals surface area (Å²) in [5, 5.41) is 21.9. The Morgan fingerprint density at radius 3 is 2.85 bits per heavy atom. The lowest BCUT2D eigenvalue weighted by molar-refractivity contribution is 0.278. The molecule has 1 atom stereocenters. The minimum Gasteiger partial charge on any atom is -0.506 e. The minimum absolute atomic E-state index is 0.0540. The minimum atomic E-state index is -2.96. The summed E-state index contributed by atoms with van der Waals surface area (Å²) in [6.45, 7) is 2.16. The van der Waals surface area contributed by atoms with E-state index < -0.39 is 9.84 Å². The van der Waals surface area contributed by atoms with Crippen molar-refractivity contribution in [3.8, 4) is 5.75 Å². The molecule has 0 amide bonds. The fraction of sp³-hybridized carbons (Fsp3) is 0.615. The van der Waals surface area contributed by atoms with Gasteiger partial charge in [0.25, 0.3) is 0 Å². The first-order chi connectivity index (χ1) is 9.45. The number of hydrogen-bond acceptors (Lipinski definition) is 6. The number of hydrogen-bond donors (Lipinski definition) is 3. The normalized spacial score (nSPS) is 21.2. The summed E-state index contributed by atoms with van der Waals surface area (Å²) < 4.78 is 23.4. The van der Waals surface area contributed by atoms with E-state index in [1.807, 2.05) is 0 Å². The van der Waals surface area contributed by atoms with Gasteiger partial charge in [-0.2, -0.15) is 0 Å².